The molecule has 0 radical (unpaired) electrons. The van der Waals surface area contributed by atoms with E-state index in [2.05, 4.69) is 21.7 Å². The van der Waals surface area contributed by atoms with Crippen LogP contribution in [0.5, 0.6) is 0 Å². The Bertz CT molecular complexity index is 13.5. The van der Waals surface area contributed by atoms with Crippen LogP contribution in [0, 0.1) is 31.1 Å². The second kappa shape index (κ2) is 8.82. The molecule has 0 bridgehead atoms. The van der Waals surface area contributed by atoms with Crippen LogP contribution >= 0.6 is 0 Å². The fourth-order valence-electron chi connectivity index (χ4n) is 0. The Morgan fingerprint density at radius 3 is 1.75 bits per heavy atom. The molecule has 0 atom stereocenters. The van der Waals surface area contributed by atoms with E-state index in [9.17, 15) is 0 Å². The summed E-state index contributed by atoms with van der Waals surface area (Å²) in [6.45, 7) is 1.85. The summed E-state index contributed by atoms with van der Waals surface area (Å²) in [4.78, 5) is 0. The third kappa shape index (κ3) is 9.71. The Morgan fingerprint density at radius 2 is 1.75 bits per heavy atom. The third-order valence-corrected chi connectivity index (χ3v) is 0. The van der Waals surface area contributed by atoms with E-state index in [1.54, 1.807) is 0 Å². The zero-order valence-corrected chi connectivity index (χ0v) is 8.01. The fraction of sp³-hybridized carbons (Fsp3) is 0.500. The quantitative estimate of drug-likeness (QED) is 0.562. The van der Waals surface area contributed by atoms with Gasteiger partial charge in [-0.15, -0.1) is 0 Å². The second-order valence-corrected chi connectivity index (χ2v) is 0.922. The normalized spacial score (nSPS) is 3.00. The summed E-state index contributed by atoms with van der Waals surface area (Å²) in [5.41, 5.74) is 0. The van der Waals surface area contributed by atoms with Crippen molar-refractivity contribution in [3.8, 4) is 0 Å². The second-order valence-electron chi connectivity index (χ2n) is 0.224. The molecular weight excluding hydrogens is 313 g/mol. The molecule has 2 heteroatoms. The molecule has 0 saturated carbocycles. The van der Waals surface area contributed by atoms with Crippen molar-refractivity contribution in [1.82, 2.24) is 0 Å². The van der Waals surface area contributed by atoms with Gasteiger partial charge in [-0.2, -0.15) is 0 Å². The van der Waals surface area contributed by atoms with Crippen LogP contribution in [0.3, 0.4) is 0 Å². The van der Waals surface area contributed by atoms with Gasteiger partial charge in [-0.1, -0.05) is 0 Å². The van der Waals surface area contributed by atoms with E-state index >= 15 is 0 Å². The molecule has 0 saturated heterocycles. The average Bonchev–Trinajstić information content (AvgIpc) is 0.918. The minimum absolute atomic E-state index is 0. The molecule has 0 nitrogen and oxygen atoms in total. The van der Waals surface area contributed by atoms with Crippen LogP contribution in [0.4, 0.5) is 0 Å². The molecule has 4 heavy (non-hydrogen) atoms. The molecule has 0 aliphatic rings. The number of rotatable bonds is 0. The van der Waals surface area contributed by atoms with Crippen LogP contribution in [-0.4, -0.2) is 4.73 Å². The molecule has 0 N–H and O–H groups in total. The first-order valence-corrected chi connectivity index (χ1v) is 1.42. The minimum Gasteiger partial charge on any atom is 0 e. The van der Waals surface area contributed by atoms with Crippen LogP contribution in [0.1, 0.15) is 6.92 Å². The van der Waals surface area contributed by atoms with Crippen molar-refractivity contribution in [2.24, 2.45) is 0 Å². The largest absolute Gasteiger partial charge is 0 e. The Kier molecular flexibility index (Phi) is 20.1. The van der Waals surface area contributed by atoms with Crippen LogP contribution in [0.25, 0.3) is 0 Å². The molecule has 0 aliphatic carbocycles. The van der Waals surface area contributed by atoms with Crippen molar-refractivity contribution in [2.75, 3.05) is 0 Å². The topological polar surface area (TPSA) is 0 Å². The minimum atomic E-state index is 0. The first kappa shape index (κ1) is 9.10. The van der Waals surface area contributed by atoms with Gasteiger partial charge in [-0.25, -0.2) is 0 Å². The van der Waals surface area contributed by atoms with Gasteiger partial charge < -0.3 is 0 Å². The van der Waals surface area contributed by atoms with E-state index in [1.807, 2.05) is 6.92 Å². The summed E-state index contributed by atoms with van der Waals surface area (Å²) < 4.78 is 2.69. The molecule has 0 aliphatic heterocycles. The summed E-state index contributed by atoms with van der Waals surface area (Å²) in [6, 6.07) is 0. The van der Waals surface area contributed by atoms with E-state index in [4.69, 9.17) is 0 Å². The van der Waals surface area contributed by atoms with Gasteiger partial charge in [0.25, 0.3) is 0 Å². The predicted octanol–water partition coefficient (Wildman–Crippen LogP) is 0.232. The van der Waals surface area contributed by atoms with Crippen molar-refractivity contribution in [1.29, 1.82) is 0 Å². The van der Waals surface area contributed by atoms with Crippen molar-refractivity contribution in [2.45, 2.75) is 6.92 Å². The molecule has 0 aromatic heterocycles. The number of hydrogen-bond acceptors (Lipinski definition) is 0. The molecule has 0 aromatic rings. The van der Waals surface area contributed by atoms with Crippen molar-refractivity contribution in [3.63, 3.8) is 0 Å². The van der Waals surface area contributed by atoms with Crippen LogP contribution in [-0.2, 0) is 17.0 Å². The van der Waals surface area contributed by atoms with Gasteiger partial charge in [-0.3, -0.25) is 0 Å². The molecule has 0 rings (SSSR count). The standard InChI is InChI=1S/C2H3.U.V/c1-2;;/h1H3;;/q-1;;. The van der Waals surface area contributed by atoms with E-state index < -0.39 is 0 Å². The molecule has 0 spiro atoms. The van der Waals surface area contributed by atoms with Gasteiger partial charge >= 0.3 is 28.6 Å². The van der Waals surface area contributed by atoms with Gasteiger partial charge in [0.05, 0.1) is 0 Å². The van der Waals surface area contributed by atoms with E-state index in [-0.39, 0.29) is 31.1 Å². The summed E-state index contributed by atoms with van der Waals surface area (Å²) in [6.07, 6.45) is 0. The van der Waals surface area contributed by atoms with E-state index in [0.717, 1.165) is 0 Å². The van der Waals surface area contributed by atoms with E-state index in [0.29, 0.717) is 0 Å². The zero-order chi connectivity index (χ0) is 2.71. The Hall–Kier alpha value is 1.51. The van der Waals surface area contributed by atoms with Gasteiger partial charge in [0.2, 0.25) is 0 Å². The van der Waals surface area contributed by atoms with E-state index in [1.165, 1.54) is 0 Å². The SMILES string of the molecule is C[C-]=[V].[U]. The fourth-order valence-corrected chi connectivity index (χ4v) is 0. The Balaban J connectivity index is 0. The Labute approximate surface area is 59.2 Å². The summed E-state index contributed by atoms with van der Waals surface area (Å²) in [5, 5.41) is 0. The van der Waals surface area contributed by atoms with Gasteiger partial charge in [-0.05, 0) is 0 Å². The summed E-state index contributed by atoms with van der Waals surface area (Å²) >= 11 is 2.22. The monoisotopic (exact) mass is 316 g/mol. The molecule has 0 fully saturated rings. The van der Waals surface area contributed by atoms with Crippen LogP contribution < -0.4 is 0 Å². The zero-order valence-electron chi connectivity index (χ0n) is 2.45. The molecule has 0 amide bonds. The summed E-state index contributed by atoms with van der Waals surface area (Å²) in [5.74, 6) is 0. The van der Waals surface area contributed by atoms with Crippen molar-refractivity contribution >= 4 is 4.73 Å². The maximum Gasteiger partial charge on any atom is 0 e. The third-order valence-electron chi connectivity index (χ3n) is 0. The first-order chi connectivity index (χ1) is 1.41. The van der Waals surface area contributed by atoms with Gasteiger partial charge in [0.1, 0.15) is 0 Å². The molecule has 21 valence electrons. The Morgan fingerprint density at radius 1 is 1.75 bits per heavy atom. The van der Waals surface area contributed by atoms with Gasteiger partial charge in [0, 0.05) is 31.1 Å². The predicted molar refractivity (Wildman–Crippen MR) is 10.7 cm³/mol. The smallest absolute Gasteiger partial charge is 0 e. The maximum absolute atomic E-state index is 2.69. The van der Waals surface area contributed by atoms with Crippen molar-refractivity contribution < 1.29 is 48.1 Å². The van der Waals surface area contributed by atoms with Crippen LogP contribution in [0.15, 0.2) is 0 Å². The first-order valence-electron chi connectivity index (χ1n) is 0.724. The molecule has 0 unspecified atom stereocenters. The summed E-state index contributed by atoms with van der Waals surface area (Å²) in [7, 11) is 0. The van der Waals surface area contributed by atoms with Gasteiger partial charge in [0.15, 0.2) is 0 Å². The maximum atomic E-state index is 2.69. The average molecular weight is 316 g/mol. The molecule has 0 aromatic carbocycles. The van der Waals surface area contributed by atoms with Crippen molar-refractivity contribution in [3.05, 3.63) is 0 Å². The van der Waals surface area contributed by atoms with Crippen LogP contribution in [0.2, 0.25) is 0 Å². The number of hydrogen-bond donors (Lipinski definition) is 0. The molecular formula is C2H3UV-. The molecule has 0 heterocycles.